The summed E-state index contributed by atoms with van der Waals surface area (Å²) in [6, 6.07) is 4.25. The van der Waals surface area contributed by atoms with Gasteiger partial charge in [0.05, 0.1) is 15.8 Å². The summed E-state index contributed by atoms with van der Waals surface area (Å²) < 4.78 is 28.1. The number of carbonyl (C=O) groups excluding carboxylic acids is 1. The van der Waals surface area contributed by atoms with Crippen molar-refractivity contribution in [2.75, 3.05) is 6.26 Å². The van der Waals surface area contributed by atoms with Crippen molar-refractivity contribution >= 4 is 33.9 Å². The van der Waals surface area contributed by atoms with Crippen LogP contribution in [0.15, 0.2) is 23.1 Å². The van der Waals surface area contributed by atoms with Gasteiger partial charge in [-0.2, -0.15) is 0 Å². The van der Waals surface area contributed by atoms with Crippen LogP contribution in [-0.4, -0.2) is 38.3 Å². The van der Waals surface area contributed by atoms with E-state index >= 15 is 0 Å². The highest BCUT2D eigenvalue weighted by molar-refractivity contribution is 7.90. The molecule has 3 atom stereocenters. The zero-order valence-electron chi connectivity index (χ0n) is 13.1. The minimum absolute atomic E-state index is 0.0163. The lowest BCUT2D eigenvalue weighted by Gasteiger charge is -2.18. The second-order valence-electron chi connectivity index (χ2n) is 6.12. The van der Waals surface area contributed by atoms with Crippen molar-refractivity contribution in [3.8, 4) is 0 Å². The lowest BCUT2D eigenvalue weighted by Crippen LogP contribution is -2.16. The Labute approximate surface area is 145 Å². The molecule has 1 fully saturated rings. The average molecular weight is 375 g/mol. The third-order valence-electron chi connectivity index (χ3n) is 4.37. The summed E-state index contributed by atoms with van der Waals surface area (Å²) in [6.07, 6.45) is 3.44. The van der Waals surface area contributed by atoms with Crippen LogP contribution in [0.25, 0.3) is 0 Å². The molecular weight excluding hydrogens is 356 g/mol. The van der Waals surface area contributed by atoms with E-state index in [0.717, 1.165) is 19.1 Å². The molecule has 0 bridgehead atoms. The monoisotopic (exact) mass is 374 g/mol. The molecule has 1 N–H and O–H groups in total. The first kappa shape index (κ1) is 18.7. The van der Waals surface area contributed by atoms with Crippen LogP contribution >= 0.6 is 11.6 Å². The molecule has 3 unspecified atom stereocenters. The number of carbonyl (C=O) groups is 2. The van der Waals surface area contributed by atoms with Crippen molar-refractivity contribution in [3.63, 3.8) is 0 Å². The highest BCUT2D eigenvalue weighted by Crippen LogP contribution is 2.37. The lowest BCUT2D eigenvalue weighted by atomic mass is 9.88. The number of benzene rings is 1. The number of hydrogen-bond donors (Lipinski definition) is 1. The first-order chi connectivity index (χ1) is 11.2. The van der Waals surface area contributed by atoms with Gasteiger partial charge in [-0.1, -0.05) is 17.7 Å². The zero-order valence-corrected chi connectivity index (χ0v) is 14.7. The average Bonchev–Trinajstić information content (AvgIpc) is 2.91. The van der Waals surface area contributed by atoms with Gasteiger partial charge in [0.25, 0.3) is 6.47 Å². The van der Waals surface area contributed by atoms with Crippen LogP contribution < -0.4 is 0 Å². The van der Waals surface area contributed by atoms with Crippen molar-refractivity contribution < 1.29 is 27.9 Å². The maximum Gasteiger partial charge on any atom is 0.310 e. The van der Waals surface area contributed by atoms with Gasteiger partial charge in [0.2, 0.25) is 0 Å². The second-order valence-corrected chi connectivity index (χ2v) is 8.51. The van der Waals surface area contributed by atoms with E-state index in [2.05, 4.69) is 0 Å². The summed E-state index contributed by atoms with van der Waals surface area (Å²) in [6.45, 7) is 0.422. The quantitative estimate of drug-likeness (QED) is 0.737. The molecule has 0 spiro atoms. The van der Waals surface area contributed by atoms with Gasteiger partial charge in [0.1, 0.15) is 6.10 Å². The molecule has 1 aliphatic rings. The molecule has 1 aromatic rings. The normalized spacial score (nSPS) is 22.1. The van der Waals surface area contributed by atoms with Crippen LogP contribution in [0, 0.1) is 5.92 Å². The minimum Gasteiger partial charge on any atom is -0.481 e. The number of aliphatic carboxylic acids is 1. The fourth-order valence-corrected chi connectivity index (χ4v) is 4.53. The molecule has 0 amide bonds. The molecule has 1 saturated carbocycles. The van der Waals surface area contributed by atoms with E-state index in [1.165, 1.54) is 18.2 Å². The molecule has 1 aromatic carbocycles. The van der Waals surface area contributed by atoms with Gasteiger partial charge in [-0.05, 0) is 49.3 Å². The van der Waals surface area contributed by atoms with Crippen LogP contribution in [0.3, 0.4) is 0 Å². The molecular formula is C16H19ClO6S. The molecule has 0 aromatic heterocycles. The van der Waals surface area contributed by atoms with Crippen molar-refractivity contribution in [3.05, 3.63) is 28.8 Å². The molecule has 0 saturated heterocycles. The van der Waals surface area contributed by atoms with E-state index in [1.54, 1.807) is 0 Å². The number of hydrogen-bond acceptors (Lipinski definition) is 5. The third kappa shape index (κ3) is 4.48. The molecule has 0 heterocycles. The summed E-state index contributed by atoms with van der Waals surface area (Å²) >= 11 is 6.01. The largest absolute Gasteiger partial charge is 0.481 e. The Bertz CT molecular complexity index is 730. The second kappa shape index (κ2) is 7.53. The Balaban J connectivity index is 2.18. The minimum atomic E-state index is -3.46. The molecule has 8 heteroatoms. The number of sulfone groups is 1. The van der Waals surface area contributed by atoms with Gasteiger partial charge in [0, 0.05) is 6.26 Å². The number of carboxylic acids is 1. The molecule has 2 rings (SSSR count). The summed E-state index contributed by atoms with van der Waals surface area (Å²) in [5.74, 6) is -1.64. The molecule has 24 heavy (non-hydrogen) atoms. The SMILES string of the molecule is CS(=O)(=O)c1ccc(C(CC2CCC(OC=O)C2)C(=O)O)cc1Cl. The van der Waals surface area contributed by atoms with Crippen molar-refractivity contribution in [2.45, 2.75) is 42.6 Å². The van der Waals surface area contributed by atoms with E-state index in [9.17, 15) is 23.1 Å². The Morgan fingerprint density at radius 1 is 1.46 bits per heavy atom. The fraction of sp³-hybridized carbons (Fsp3) is 0.500. The summed E-state index contributed by atoms with van der Waals surface area (Å²) in [4.78, 5) is 22.0. The number of ether oxygens (including phenoxy) is 1. The van der Waals surface area contributed by atoms with Crippen LogP contribution in [0.4, 0.5) is 0 Å². The fourth-order valence-electron chi connectivity index (χ4n) is 3.19. The molecule has 0 radical (unpaired) electrons. The smallest absolute Gasteiger partial charge is 0.310 e. The van der Waals surface area contributed by atoms with Gasteiger partial charge in [-0.15, -0.1) is 0 Å². The van der Waals surface area contributed by atoms with Crippen molar-refractivity contribution in [1.29, 1.82) is 0 Å². The lowest BCUT2D eigenvalue weighted by molar-refractivity contribution is -0.139. The van der Waals surface area contributed by atoms with Gasteiger partial charge < -0.3 is 9.84 Å². The van der Waals surface area contributed by atoms with E-state index in [-0.39, 0.29) is 21.9 Å². The molecule has 1 aliphatic carbocycles. The summed E-state index contributed by atoms with van der Waals surface area (Å²) in [5, 5.41) is 9.55. The van der Waals surface area contributed by atoms with Gasteiger partial charge in [-0.3, -0.25) is 9.59 Å². The maximum atomic E-state index is 11.6. The number of halogens is 1. The van der Waals surface area contributed by atoms with Crippen molar-refractivity contribution in [2.24, 2.45) is 5.92 Å². The predicted octanol–water partition coefficient (Wildman–Crippen LogP) is 2.64. The topological polar surface area (TPSA) is 97.7 Å². The Hall–Kier alpha value is -1.60. The van der Waals surface area contributed by atoms with Crippen LogP contribution in [0.5, 0.6) is 0 Å². The Kier molecular flexibility index (Phi) is 5.87. The van der Waals surface area contributed by atoms with Crippen LogP contribution in [0.2, 0.25) is 5.02 Å². The number of rotatable bonds is 7. The Morgan fingerprint density at radius 2 is 2.17 bits per heavy atom. The zero-order chi connectivity index (χ0) is 17.9. The summed E-state index contributed by atoms with van der Waals surface area (Å²) in [5.41, 5.74) is 0.472. The highest BCUT2D eigenvalue weighted by atomic mass is 35.5. The molecule has 0 aliphatic heterocycles. The molecule has 6 nitrogen and oxygen atoms in total. The Morgan fingerprint density at radius 3 is 2.71 bits per heavy atom. The first-order valence-corrected chi connectivity index (χ1v) is 9.80. The van der Waals surface area contributed by atoms with E-state index in [1.807, 2.05) is 0 Å². The standard InChI is InChI=1S/C16H19ClO6S/c1-24(21,22)15-5-3-11(8-14(15)17)13(16(19)20)7-10-2-4-12(6-10)23-9-18/h3,5,8-10,12-13H,2,4,6-7H2,1H3,(H,19,20). The van der Waals surface area contributed by atoms with E-state index < -0.39 is 21.7 Å². The van der Waals surface area contributed by atoms with Crippen LogP contribution in [0.1, 0.15) is 37.2 Å². The predicted molar refractivity (Wildman–Crippen MR) is 87.8 cm³/mol. The van der Waals surface area contributed by atoms with E-state index in [0.29, 0.717) is 24.9 Å². The van der Waals surface area contributed by atoms with Crippen LogP contribution in [-0.2, 0) is 24.2 Å². The van der Waals surface area contributed by atoms with Gasteiger partial charge >= 0.3 is 5.97 Å². The first-order valence-electron chi connectivity index (χ1n) is 7.53. The van der Waals surface area contributed by atoms with Gasteiger partial charge in [-0.25, -0.2) is 8.42 Å². The highest BCUT2D eigenvalue weighted by Gasteiger charge is 2.31. The van der Waals surface area contributed by atoms with E-state index in [4.69, 9.17) is 16.3 Å². The summed E-state index contributed by atoms with van der Waals surface area (Å²) in [7, 11) is -3.46. The van der Waals surface area contributed by atoms with Gasteiger partial charge in [0.15, 0.2) is 9.84 Å². The third-order valence-corrected chi connectivity index (χ3v) is 5.95. The number of carboxylic acid groups (broad SMARTS) is 1. The molecule has 132 valence electrons. The van der Waals surface area contributed by atoms with Crippen molar-refractivity contribution in [1.82, 2.24) is 0 Å². The maximum absolute atomic E-state index is 11.6.